The molecule has 1 fully saturated rings. The van der Waals surface area contributed by atoms with Crippen LogP contribution in [0.15, 0.2) is 0 Å². The molecule has 0 aromatic heterocycles. The van der Waals surface area contributed by atoms with Crippen LogP contribution in [0, 0.1) is 11.8 Å². The van der Waals surface area contributed by atoms with Crippen molar-refractivity contribution in [3.63, 3.8) is 0 Å². The quantitative estimate of drug-likeness (QED) is 0.577. The molecule has 0 aromatic rings. The zero-order valence-corrected chi connectivity index (χ0v) is 5.71. The lowest BCUT2D eigenvalue weighted by Gasteiger charge is -2.31. The van der Waals surface area contributed by atoms with Crippen LogP contribution in [-0.4, -0.2) is 18.3 Å². The Bertz CT molecular complexity index is 77.0. The molecule has 54 valence electrons. The number of rotatable bonds is 3. The van der Waals surface area contributed by atoms with Crippen molar-refractivity contribution in [2.24, 2.45) is 17.6 Å². The van der Waals surface area contributed by atoms with Crippen LogP contribution in [0.25, 0.3) is 0 Å². The fourth-order valence-electron chi connectivity index (χ4n) is 1.33. The van der Waals surface area contributed by atoms with Gasteiger partial charge in [0.2, 0.25) is 0 Å². The average Bonchev–Trinajstić information content (AvgIpc) is 1.78. The second-order valence-corrected chi connectivity index (χ2v) is 2.87. The first-order chi connectivity index (χ1) is 4.38. The van der Waals surface area contributed by atoms with Gasteiger partial charge < -0.3 is 10.8 Å². The minimum absolute atomic E-state index is 0.279. The van der Waals surface area contributed by atoms with Crippen molar-refractivity contribution in [2.45, 2.75) is 19.3 Å². The van der Waals surface area contributed by atoms with Gasteiger partial charge >= 0.3 is 0 Å². The summed E-state index contributed by atoms with van der Waals surface area (Å²) in [5, 5.41) is 8.78. The van der Waals surface area contributed by atoms with Crippen LogP contribution >= 0.6 is 0 Å². The first-order valence-electron chi connectivity index (χ1n) is 3.69. The highest BCUT2D eigenvalue weighted by Gasteiger charge is 2.25. The van der Waals surface area contributed by atoms with Gasteiger partial charge in [-0.05, 0) is 18.4 Å². The molecule has 1 rings (SSSR count). The largest absolute Gasteiger partial charge is 0.396 e. The molecular formula is C7H15NO. The van der Waals surface area contributed by atoms with Gasteiger partial charge in [-0.3, -0.25) is 0 Å². The predicted octanol–water partition coefficient (Wildman–Crippen LogP) is 0.354. The lowest BCUT2D eigenvalue weighted by atomic mass is 9.76. The molecule has 0 radical (unpaired) electrons. The van der Waals surface area contributed by atoms with E-state index in [1.54, 1.807) is 0 Å². The highest BCUT2D eigenvalue weighted by atomic mass is 16.3. The van der Waals surface area contributed by atoms with Crippen molar-refractivity contribution in [3.8, 4) is 0 Å². The molecule has 3 N–H and O–H groups in total. The Balaban J connectivity index is 2.19. The van der Waals surface area contributed by atoms with E-state index in [0.717, 1.165) is 5.92 Å². The molecule has 1 unspecified atom stereocenters. The summed E-state index contributed by atoms with van der Waals surface area (Å²) < 4.78 is 0. The minimum atomic E-state index is 0.279. The van der Waals surface area contributed by atoms with E-state index >= 15 is 0 Å². The molecule has 2 heteroatoms. The lowest BCUT2D eigenvalue weighted by molar-refractivity contribution is 0.129. The second-order valence-electron chi connectivity index (χ2n) is 2.87. The maximum atomic E-state index is 8.78. The van der Waals surface area contributed by atoms with E-state index in [0.29, 0.717) is 12.5 Å². The normalized spacial score (nSPS) is 23.3. The third-order valence-corrected chi connectivity index (χ3v) is 2.35. The molecule has 1 atom stereocenters. The number of nitrogens with two attached hydrogens (primary N) is 1. The van der Waals surface area contributed by atoms with Gasteiger partial charge in [-0.1, -0.05) is 19.3 Å². The van der Waals surface area contributed by atoms with E-state index in [1.807, 2.05) is 0 Å². The highest BCUT2D eigenvalue weighted by Crippen LogP contribution is 2.32. The molecule has 0 aromatic carbocycles. The zero-order chi connectivity index (χ0) is 6.69. The summed E-state index contributed by atoms with van der Waals surface area (Å²) in [7, 11) is 0. The Morgan fingerprint density at radius 3 is 2.33 bits per heavy atom. The maximum Gasteiger partial charge on any atom is 0.0473 e. The summed E-state index contributed by atoms with van der Waals surface area (Å²) in [4.78, 5) is 0. The van der Waals surface area contributed by atoms with E-state index < -0.39 is 0 Å². The van der Waals surface area contributed by atoms with Gasteiger partial charge in [0.1, 0.15) is 0 Å². The summed E-state index contributed by atoms with van der Waals surface area (Å²) >= 11 is 0. The third kappa shape index (κ3) is 1.43. The summed E-state index contributed by atoms with van der Waals surface area (Å²) in [6, 6.07) is 0. The summed E-state index contributed by atoms with van der Waals surface area (Å²) in [5.74, 6) is 1.12. The van der Waals surface area contributed by atoms with Crippen LogP contribution in [0.3, 0.4) is 0 Å². The molecule has 0 spiro atoms. The minimum Gasteiger partial charge on any atom is -0.396 e. The molecule has 2 nitrogen and oxygen atoms in total. The third-order valence-electron chi connectivity index (χ3n) is 2.35. The molecule has 0 amide bonds. The van der Waals surface area contributed by atoms with Gasteiger partial charge in [-0.2, -0.15) is 0 Å². The van der Waals surface area contributed by atoms with E-state index in [1.165, 1.54) is 19.3 Å². The smallest absolute Gasteiger partial charge is 0.0473 e. The van der Waals surface area contributed by atoms with Crippen LogP contribution in [0.1, 0.15) is 19.3 Å². The maximum absolute atomic E-state index is 8.78. The fraction of sp³-hybridized carbons (Fsp3) is 1.00. The van der Waals surface area contributed by atoms with Gasteiger partial charge in [0.05, 0.1) is 0 Å². The molecule has 0 aliphatic heterocycles. The molecule has 0 heterocycles. The van der Waals surface area contributed by atoms with E-state index in [9.17, 15) is 0 Å². The van der Waals surface area contributed by atoms with Crippen LogP contribution < -0.4 is 5.73 Å². The summed E-state index contributed by atoms with van der Waals surface area (Å²) in [6.07, 6.45) is 3.89. The predicted molar refractivity (Wildman–Crippen MR) is 37.0 cm³/mol. The number of hydrogen-bond acceptors (Lipinski definition) is 2. The summed E-state index contributed by atoms with van der Waals surface area (Å²) in [6.45, 7) is 0.933. The van der Waals surface area contributed by atoms with Crippen LogP contribution in [0.5, 0.6) is 0 Å². The SMILES string of the molecule is NCC(CO)C1CCC1. The van der Waals surface area contributed by atoms with Crippen LogP contribution in [-0.2, 0) is 0 Å². The standard InChI is InChI=1S/C7H15NO/c8-4-7(5-9)6-2-1-3-6/h6-7,9H,1-5,8H2. The van der Waals surface area contributed by atoms with Crippen LogP contribution in [0.4, 0.5) is 0 Å². The molecule has 1 aliphatic rings. The highest BCUT2D eigenvalue weighted by molar-refractivity contribution is 4.77. The van der Waals surface area contributed by atoms with Crippen molar-refractivity contribution in [1.29, 1.82) is 0 Å². The lowest BCUT2D eigenvalue weighted by Crippen LogP contribution is -2.30. The molecule has 0 bridgehead atoms. The van der Waals surface area contributed by atoms with E-state index in [4.69, 9.17) is 10.8 Å². The van der Waals surface area contributed by atoms with Gasteiger partial charge in [-0.15, -0.1) is 0 Å². The van der Waals surface area contributed by atoms with Gasteiger partial charge in [0.15, 0.2) is 0 Å². The number of hydrogen-bond donors (Lipinski definition) is 2. The number of aliphatic hydroxyl groups is 1. The van der Waals surface area contributed by atoms with Crippen LogP contribution in [0.2, 0.25) is 0 Å². The summed E-state index contributed by atoms with van der Waals surface area (Å²) in [5.41, 5.74) is 5.43. The van der Waals surface area contributed by atoms with Crippen molar-refractivity contribution < 1.29 is 5.11 Å². The topological polar surface area (TPSA) is 46.2 Å². The van der Waals surface area contributed by atoms with Gasteiger partial charge in [0.25, 0.3) is 0 Å². The first kappa shape index (κ1) is 7.03. The average molecular weight is 129 g/mol. The zero-order valence-electron chi connectivity index (χ0n) is 5.71. The van der Waals surface area contributed by atoms with Gasteiger partial charge in [0, 0.05) is 6.61 Å². The molecule has 9 heavy (non-hydrogen) atoms. The molecule has 0 saturated heterocycles. The Hall–Kier alpha value is -0.0800. The molecule has 1 saturated carbocycles. The first-order valence-corrected chi connectivity index (χ1v) is 3.69. The van der Waals surface area contributed by atoms with Crippen molar-refractivity contribution >= 4 is 0 Å². The van der Waals surface area contributed by atoms with E-state index in [-0.39, 0.29) is 6.61 Å². The molecule has 1 aliphatic carbocycles. The number of aliphatic hydroxyl groups excluding tert-OH is 1. The van der Waals surface area contributed by atoms with Gasteiger partial charge in [-0.25, -0.2) is 0 Å². The van der Waals surface area contributed by atoms with E-state index in [2.05, 4.69) is 0 Å². The van der Waals surface area contributed by atoms with Crippen molar-refractivity contribution in [3.05, 3.63) is 0 Å². The Morgan fingerprint density at radius 1 is 1.56 bits per heavy atom. The Morgan fingerprint density at radius 2 is 2.22 bits per heavy atom. The second kappa shape index (κ2) is 3.18. The fourth-order valence-corrected chi connectivity index (χ4v) is 1.33. The van der Waals surface area contributed by atoms with Crippen molar-refractivity contribution in [1.82, 2.24) is 0 Å². The monoisotopic (exact) mass is 129 g/mol. The Kier molecular flexibility index (Phi) is 2.49. The molecular weight excluding hydrogens is 114 g/mol. The Labute approximate surface area is 56.1 Å². The van der Waals surface area contributed by atoms with Crippen molar-refractivity contribution in [2.75, 3.05) is 13.2 Å².